The van der Waals surface area contributed by atoms with Crippen LogP contribution in [0.2, 0.25) is 0 Å². The number of aromatic amines is 1. The Balaban J connectivity index is 1.69. The highest BCUT2D eigenvalue weighted by Crippen LogP contribution is 2.28. The molecular formula is C24H30N6O2. The lowest BCUT2D eigenvalue weighted by Crippen LogP contribution is -2.42. The first kappa shape index (κ1) is 21.8. The van der Waals surface area contributed by atoms with Crippen LogP contribution in [-0.4, -0.2) is 67.1 Å². The molecule has 0 saturated carbocycles. The fourth-order valence-electron chi connectivity index (χ4n) is 4.35. The molecule has 3 heterocycles. The Hall–Kier alpha value is -3.39. The zero-order chi connectivity index (χ0) is 22.7. The fourth-order valence-corrected chi connectivity index (χ4v) is 4.35. The molecular weight excluding hydrogens is 404 g/mol. The van der Waals surface area contributed by atoms with Crippen LogP contribution < -0.4 is 10.6 Å². The largest absolute Gasteiger partial charge is 0.393 e. The Morgan fingerprint density at radius 3 is 2.91 bits per heavy atom. The van der Waals surface area contributed by atoms with Crippen LogP contribution in [0.25, 0.3) is 16.5 Å². The number of hydrogen-bond acceptors (Lipinski definition) is 6. The Morgan fingerprint density at radius 2 is 2.22 bits per heavy atom. The lowest BCUT2D eigenvalue weighted by molar-refractivity contribution is -0.128. The van der Waals surface area contributed by atoms with Gasteiger partial charge in [-0.3, -0.25) is 10.2 Å². The maximum absolute atomic E-state index is 12.1. The molecule has 0 bridgehead atoms. The van der Waals surface area contributed by atoms with Crippen LogP contribution >= 0.6 is 0 Å². The average Bonchev–Trinajstić information content (AvgIpc) is 3.46. The number of carbonyl (C=O) groups excluding carboxylic acids is 1. The molecule has 0 spiro atoms. The minimum atomic E-state index is 0.0256. The van der Waals surface area contributed by atoms with Crippen molar-refractivity contribution in [1.82, 2.24) is 20.5 Å². The number of rotatable bonds is 7. The minimum Gasteiger partial charge on any atom is -0.393 e. The Kier molecular flexibility index (Phi) is 6.41. The molecule has 1 amide bonds. The monoisotopic (exact) mass is 434 g/mol. The Labute approximate surface area is 187 Å². The number of aromatic nitrogens is 1. The number of carbonyl (C=O) groups is 1. The second-order valence-electron chi connectivity index (χ2n) is 8.22. The first-order valence-corrected chi connectivity index (χ1v) is 10.9. The van der Waals surface area contributed by atoms with Crippen molar-refractivity contribution < 1.29 is 9.53 Å². The molecule has 2 aliphatic heterocycles. The van der Waals surface area contributed by atoms with Crippen molar-refractivity contribution in [3.63, 3.8) is 0 Å². The standard InChI is InChI=1S/C24H30N6O2/c1-15(31)30-7-5-22(29-18-6-8-32-14-18)21(13-30)24(26)20-12-28-23-9-16(3-4-19(20)23)17(10-25)11-27-2/h3-4,9-12,18,25-29H,5-8,13-14H2,1-2H3/b17-11+,25-10?,26-24?. The first-order chi connectivity index (χ1) is 15.5. The number of H-pyrrole nitrogens is 1. The van der Waals surface area contributed by atoms with Crippen molar-refractivity contribution >= 4 is 34.3 Å². The van der Waals surface area contributed by atoms with E-state index in [0.717, 1.165) is 51.9 Å². The minimum absolute atomic E-state index is 0.0256. The van der Waals surface area contributed by atoms with Gasteiger partial charge in [0.05, 0.1) is 18.4 Å². The highest BCUT2D eigenvalue weighted by Gasteiger charge is 2.27. The van der Waals surface area contributed by atoms with Crippen LogP contribution in [0.3, 0.4) is 0 Å². The molecule has 168 valence electrons. The van der Waals surface area contributed by atoms with E-state index in [1.165, 1.54) is 6.21 Å². The van der Waals surface area contributed by atoms with E-state index in [1.54, 1.807) is 18.0 Å². The number of allylic oxidation sites excluding steroid dienone is 1. The summed E-state index contributed by atoms with van der Waals surface area (Å²) in [6.07, 6.45) is 6.62. The zero-order valence-electron chi connectivity index (χ0n) is 18.5. The molecule has 1 aromatic heterocycles. The van der Waals surface area contributed by atoms with Gasteiger partial charge in [0.15, 0.2) is 0 Å². The van der Waals surface area contributed by atoms with Gasteiger partial charge >= 0.3 is 0 Å². The van der Waals surface area contributed by atoms with Gasteiger partial charge in [-0.05, 0) is 18.1 Å². The van der Waals surface area contributed by atoms with Gasteiger partial charge in [0.25, 0.3) is 0 Å². The predicted molar refractivity (Wildman–Crippen MR) is 127 cm³/mol. The zero-order valence-corrected chi connectivity index (χ0v) is 18.5. The molecule has 0 aliphatic carbocycles. The van der Waals surface area contributed by atoms with E-state index in [1.807, 2.05) is 31.4 Å². The number of nitrogens with zero attached hydrogens (tertiary/aromatic N) is 1. The summed E-state index contributed by atoms with van der Waals surface area (Å²) in [4.78, 5) is 17.1. The van der Waals surface area contributed by atoms with Gasteiger partial charge in [-0.1, -0.05) is 12.1 Å². The molecule has 5 N–H and O–H groups in total. The second kappa shape index (κ2) is 9.40. The lowest BCUT2D eigenvalue weighted by atomic mass is 9.94. The maximum Gasteiger partial charge on any atom is 0.219 e. The molecule has 0 radical (unpaired) electrons. The SMILES string of the molecule is CN/C=C(\C=N)c1ccc2c(C(=N)C3=C(NC4CCOC4)CCN(C(C)=O)C3)c[nH]c2c1. The Bertz CT molecular complexity index is 1110. The summed E-state index contributed by atoms with van der Waals surface area (Å²) in [6, 6.07) is 6.20. The van der Waals surface area contributed by atoms with E-state index in [-0.39, 0.29) is 11.9 Å². The number of nitrogens with one attached hydrogen (secondary N) is 5. The summed E-state index contributed by atoms with van der Waals surface area (Å²) in [5, 5.41) is 24.2. The summed E-state index contributed by atoms with van der Waals surface area (Å²) in [7, 11) is 1.81. The van der Waals surface area contributed by atoms with Crippen LogP contribution in [0.4, 0.5) is 0 Å². The van der Waals surface area contributed by atoms with E-state index in [9.17, 15) is 4.79 Å². The van der Waals surface area contributed by atoms with Gasteiger partial charge in [-0.25, -0.2) is 0 Å². The number of fused-ring (bicyclic) bond motifs is 1. The van der Waals surface area contributed by atoms with Gasteiger partial charge in [-0.2, -0.15) is 0 Å². The van der Waals surface area contributed by atoms with Crippen molar-refractivity contribution in [2.45, 2.75) is 25.8 Å². The van der Waals surface area contributed by atoms with Crippen molar-refractivity contribution in [2.75, 3.05) is 33.4 Å². The lowest BCUT2D eigenvalue weighted by Gasteiger charge is -2.32. The van der Waals surface area contributed by atoms with Crippen molar-refractivity contribution in [3.05, 3.63) is 53.0 Å². The number of benzene rings is 1. The van der Waals surface area contributed by atoms with Crippen LogP contribution in [0.5, 0.6) is 0 Å². The average molecular weight is 435 g/mol. The summed E-state index contributed by atoms with van der Waals surface area (Å²) < 4.78 is 5.51. The van der Waals surface area contributed by atoms with E-state index < -0.39 is 0 Å². The first-order valence-electron chi connectivity index (χ1n) is 10.9. The summed E-state index contributed by atoms with van der Waals surface area (Å²) in [6.45, 7) is 4.09. The summed E-state index contributed by atoms with van der Waals surface area (Å²) >= 11 is 0. The van der Waals surface area contributed by atoms with E-state index in [4.69, 9.17) is 15.6 Å². The molecule has 1 atom stereocenters. The molecule has 2 aromatic rings. The molecule has 1 fully saturated rings. The molecule has 1 aromatic carbocycles. The topological polar surface area (TPSA) is 117 Å². The van der Waals surface area contributed by atoms with E-state index in [0.29, 0.717) is 31.8 Å². The predicted octanol–water partition coefficient (Wildman–Crippen LogP) is 2.63. The molecule has 1 unspecified atom stereocenters. The van der Waals surface area contributed by atoms with E-state index in [2.05, 4.69) is 15.6 Å². The van der Waals surface area contributed by atoms with Crippen molar-refractivity contribution in [1.29, 1.82) is 10.8 Å². The van der Waals surface area contributed by atoms with Gasteiger partial charge in [0, 0.05) is 92.0 Å². The number of hydrogen-bond donors (Lipinski definition) is 5. The van der Waals surface area contributed by atoms with Crippen LogP contribution in [0, 0.1) is 10.8 Å². The van der Waals surface area contributed by atoms with Gasteiger partial charge in [-0.15, -0.1) is 0 Å². The van der Waals surface area contributed by atoms with Crippen LogP contribution in [0.1, 0.15) is 30.9 Å². The maximum atomic E-state index is 12.1. The summed E-state index contributed by atoms with van der Waals surface area (Å²) in [5.41, 5.74) is 5.74. The molecule has 2 aliphatic rings. The van der Waals surface area contributed by atoms with E-state index >= 15 is 0 Å². The normalized spacial score (nSPS) is 19.4. The second-order valence-corrected chi connectivity index (χ2v) is 8.22. The third-order valence-electron chi connectivity index (χ3n) is 6.14. The quantitative estimate of drug-likeness (QED) is 0.431. The number of amides is 1. The molecule has 8 nitrogen and oxygen atoms in total. The van der Waals surface area contributed by atoms with Gasteiger partial charge < -0.3 is 30.7 Å². The molecule has 32 heavy (non-hydrogen) atoms. The van der Waals surface area contributed by atoms with Gasteiger partial charge in [0.2, 0.25) is 5.91 Å². The van der Waals surface area contributed by atoms with Crippen molar-refractivity contribution in [2.24, 2.45) is 0 Å². The van der Waals surface area contributed by atoms with Gasteiger partial charge in [0.1, 0.15) is 0 Å². The van der Waals surface area contributed by atoms with Crippen LogP contribution in [0.15, 0.2) is 41.9 Å². The third kappa shape index (κ3) is 4.31. The van der Waals surface area contributed by atoms with Crippen LogP contribution in [-0.2, 0) is 9.53 Å². The molecule has 1 saturated heterocycles. The smallest absolute Gasteiger partial charge is 0.219 e. The highest BCUT2D eigenvalue weighted by atomic mass is 16.5. The fraction of sp³-hybridized carbons (Fsp3) is 0.375. The summed E-state index contributed by atoms with van der Waals surface area (Å²) in [5.74, 6) is 0.0256. The van der Waals surface area contributed by atoms with Crippen molar-refractivity contribution in [3.8, 4) is 0 Å². The molecule has 8 heteroatoms. The Morgan fingerprint density at radius 1 is 1.38 bits per heavy atom. The molecule has 4 rings (SSSR count). The highest BCUT2D eigenvalue weighted by molar-refractivity contribution is 6.19. The number of ether oxygens (including phenoxy) is 1. The third-order valence-corrected chi connectivity index (χ3v) is 6.14.